The number of rotatable bonds is 8. The molecule has 0 saturated carbocycles. The summed E-state index contributed by atoms with van der Waals surface area (Å²) in [4.78, 5) is 39.5. The molecule has 3 heterocycles. The molecule has 2 aliphatic rings. The van der Waals surface area contributed by atoms with Crippen LogP contribution in [0.3, 0.4) is 0 Å². The second-order valence-electron chi connectivity index (χ2n) is 7.66. The van der Waals surface area contributed by atoms with E-state index in [0.29, 0.717) is 43.4 Å². The first kappa shape index (κ1) is 22.9. The summed E-state index contributed by atoms with van der Waals surface area (Å²) in [5, 5.41) is 13.6. The van der Waals surface area contributed by atoms with Crippen LogP contribution in [0.1, 0.15) is 38.9 Å². The van der Waals surface area contributed by atoms with Crippen LogP contribution in [-0.4, -0.2) is 73.0 Å². The molecule has 0 spiro atoms. The summed E-state index contributed by atoms with van der Waals surface area (Å²) < 4.78 is 15.5. The average Bonchev–Trinajstić information content (AvgIpc) is 3.51. The van der Waals surface area contributed by atoms with E-state index in [2.05, 4.69) is 20.8 Å². The lowest BCUT2D eigenvalue weighted by molar-refractivity contribution is -0.126. The summed E-state index contributed by atoms with van der Waals surface area (Å²) in [6, 6.07) is 5.04. The maximum absolute atomic E-state index is 12.9. The van der Waals surface area contributed by atoms with Gasteiger partial charge in [0.15, 0.2) is 11.5 Å². The number of piperidine rings is 1. The van der Waals surface area contributed by atoms with E-state index in [1.165, 1.54) is 0 Å². The molecule has 4 rings (SSSR count). The quantitative estimate of drug-likeness (QED) is 0.550. The van der Waals surface area contributed by atoms with Gasteiger partial charge >= 0.3 is 0 Å². The highest BCUT2D eigenvalue weighted by atomic mass is 32.1. The monoisotopic (exact) mass is 475 g/mol. The molecule has 1 saturated heterocycles. The number of benzene rings is 1. The van der Waals surface area contributed by atoms with Crippen LogP contribution in [0.2, 0.25) is 0 Å². The lowest BCUT2D eigenvalue weighted by Gasteiger charge is -2.31. The summed E-state index contributed by atoms with van der Waals surface area (Å²) in [5.74, 6) is 0.0177. The number of anilines is 1. The summed E-state index contributed by atoms with van der Waals surface area (Å²) in [6.07, 6.45) is 2.18. The molecular weight excluding hydrogens is 450 g/mol. The van der Waals surface area contributed by atoms with Crippen molar-refractivity contribution in [2.45, 2.75) is 19.3 Å². The molecule has 11 nitrogen and oxygen atoms in total. The highest BCUT2D eigenvalue weighted by Crippen LogP contribution is 2.34. The van der Waals surface area contributed by atoms with E-state index in [1.807, 2.05) is 0 Å². The van der Waals surface area contributed by atoms with Gasteiger partial charge in [-0.2, -0.15) is 0 Å². The molecule has 0 aliphatic carbocycles. The maximum atomic E-state index is 12.9. The fraction of sp³-hybridized carbons (Fsp3) is 0.476. The van der Waals surface area contributed by atoms with Crippen LogP contribution in [0.25, 0.3) is 0 Å². The topological polar surface area (TPSA) is 132 Å². The van der Waals surface area contributed by atoms with Gasteiger partial charge < -0.3 is 29.7 Å². The minimum Gasteiger partial charge on any atom is -0.454 e. The van der Waals surface area contributed by atoms with Gasteiger partial charge in [0.05, 0.1) is 5.92 Å². The zero-order valence-electron chi connectivity index (χ0n) is 18.2. The Balaban J connectivity index is 1.33. The van der Waals surface area contributed by atoms with Gasteiger partial charge in [0.2, 0.25) is 22.7 Å². The lowest BCUT2D eigenvalue weighted by Crippen LogP contribution is -2.45. The zero-order chi connectivity index (χ0) is 23.2. The number of methoxy groups -OCH3 is 1. The molecule has 3 amide bonds. The van der Waals surface area contributed by atoms with E-state index in [9.17, 15) is 14.4 Å². The zero-order valence-corrected chi connectivity index (χ0v) is 19.0. The fourth-order valence-electron chi connectivity index (χ4n) is 3.64. The Morgan fingerprint density at radius 2 is 2.03 bits per heavy atom. The number of nitrogens with zero attached hydrogens (tertiary/aromatic N) is 3. The highest BCUT2D eigenvalue weighted by molar-refractivity contribution is 7.15. The van der Waals surface area contributed by atoms with Crippen LogP contribution < -0.4 is 20.1 Å². The summed E-state index contributed by atoms with van der Waals surface area (Å²) >= 11 is 0.921. The molecule has 12 heteroatoms. The summed E-state index contributed by atoms with van der Waals surface area (Å²) in [7, 11) is 1.62. The van der Waals surface area contributed by atoms with Crippen LogP contribution in [0.4, 0.5) is 5.69 Å². The second-order valence-corrected chi connectivity index (χ2v) is 8.64. The van der Waals surface area contributed by atoms with E-state index in [-0.39, 0.29) is 34.5 Å². The number of carbonyl (C=O) groups excluding carboxylic acids is 3. The first-order chi connectivity index (χ1) is 16.0. The molecule has 2 N–H and O–H groups in total. The van der Waals surface area contributed by atoms with Gasteiger partial charge in [-0.25, -0.2) is 0 Å². The first-order valence-electron chi connectivity index (χ1n) is 10.7. The second kappa shape index (κ2) is 10.6. The number of fused-ring (bicyclic) bond motifs is 1. The number of amides is 3. The number of ether oxygens (including phenoxy) is 3. The van der Waals surface area contributed by atoms with Crippen LogP contribution in [-0.2, 0) is 9.53 Å². The normalized spacial score (nSPS) is 17.0. The Bertz CT molecular complexity index is 1030. The van der Waals surface area contributed by atoms with Crippen molar-refractivity contribution in [3.05, 3.63) is 28.2 Å². The van der Waals surface area contributed by atoms with E-state index < -0.39 is 5.91 Å². The molecule has 2 aromatic rings. The fourth-order valence-corrected chi connectivity index (χ4v) is 4.35. The largest absolute Gasteiger partial charge is 0.454 e. The number of carbonyl (C=O) groups is 3. The van der Waals surface area contributed by atoms with Crippen molar-refractivity contribution >= 4 is 34.7 Å². The van der Waals surface area contributed by atoms with Crippen molar-refractivity contribution in [1.29, 1.82) is 0 Å². The minimum absolute atomic E-state index is 0.0651. The van der Waals surface area contributed by atoms with Gasteiger partial charge in [0.25, 0.3) is 11.8 Å². The molecule has 0 radical (unpaired) electrons. The van der Waals surface area contributed by atoms with E-state index in [0.717, 1.165) is 30.6 Å². The number of aromatic nitrogens is 2. The van der Waals surface area contributed by atoms with Crippen molar-refractivity contribution in [2.24, 2.45) is 5.92 Å². The average molecular weight is 476 g/mol. The van der Waals surface area contributed by atoms with Crippen LogP contribution in [0.5, 0.6) is 11.5 Å². The maximum Gasteiger partial charge on any atom is 0.286 e. The van der Waals surface area contributed by atoms with Crippen LogP contribution >= 0.6 is 11.3 Å². The molecule has 2 aliphatic heterocycles. The van der Waals surface area contributed by atoms with Crippen molar-refractivity contribution in [3.8, 4) is 11.5 Å². The smallest absolute Gasteiger partial charge is 0.286 e. The number of hydrogen-bond acceptors (Lipinski definition) is 9. The number of likely N-dealkylation sites (tertiary alicyclic amines) is 1. The van der Waals surface area contributed by atoms with Crippen LogP contribution in [0, 0.1) is 5.92 Å². The van der Waals surface area contributed by atoms with Gasteiger partial charge in [-0.3, -0.25) is 14.4 Å². The third kappa shape index (κ3) is 5.57. The van der Waals surface area contributed by atoms with Crippen molar-refractivity contribution in [2.75, 3.05) is 45.5 Å². The molecule has 0 bridgehead atoms. The third-order valence-corrected chi connectivity index (χ3v) is 6.25. The Morgan fingerprint density at radius 3 is 2.88 bits per heavy atom. The van der Waals surface area contributed by atoms with Gasteiger partial charge in [-0.15, -0.1) is 10.2 Å². The summed E-state index contributed by atoms with van der Waals surface area (Å²) in [6.45, 7) is 2.10. The lowest BCUT2D eigenvalue weighted by atomic mass is 9.97. The van der Waals surface area contributed by atoms with Gasteiger partial charge in [-0.05, 0) is 31.4 Å². The molecule has 33 heavy (non-hydrogen) atoms. The Kier molecular flexibility index (Phi) is 7.35. The Labute approximate surface area is 194 Å². The molecule has 176 valence electrons. The molecule has 1 fully saturated rings. The van der Waals surface area contributed by atoms with Gasteiger partial charge in [0, 0.05) is 45.1 Å². The van der Waals surface area contributed by atoms with Crippen LogP contribution in [0.15, 0.2) is 18.2 Å². The number of nitrogens with one attached hydrogen (secondary N) is 2. The highest BCUT2D eigenvalue weighted by Gasteiger charge is 2.30. The van der Waals surface area contributed by atoms with E-state index in [1.54, 1.807) is 30.2 Å². The van der Waals surface area contributed by atoms with E-state index in [4.69, 9.17) is 14.2 Å². The van der Waals surface area contributed by atoms with Crippen molar-refractivity contribution < 1.29 is 28.6 Å². The minimum atomic E-state index is -0.475. The predicted molar refractivity (Wildman–Crippen MR) is 119 cm³/mol. The first-order valence-corrected chi connectivity index (χ1v) is 11.5. The molecule has 1 atom stereocenters. The molecule has 1 aromatic carbocycles. The van der Waals surface area contributed by atoms with E-state index >= 15 is 0 Å². The van der Waals surface area contributed by atoms with Gasteiger partial charge in [0.1, 0.15) is 0 Å². The summed E-state index contributed by atoms with van der Waals surface area (Å²) in [5.41, 5.74) is 0.516. The predicted octanol–water partition coefficient (Wildman–Crippen LogP) is 1.52. The Hall–Kier alpha value is -3.25. The van der Waals surface area contributed by atoms with Gasteiger partial charge in [-0.1, -0.05) is 11.3 Å². The number of hydrogen-bond donors (Lipinski definition) is 2. The molecular formula is C21H25N5O6S. The Morgan fingerprint density at radius 1 is 1.21 bits per heavy atom. The molecule has 0 unspecified atom stereocenters. The molecule has 1 aromatic heterocycles. The standard InChI is InChI=1S/C21H25N5O6S/c1-30-9-3-7-22-17(27)13-4-2-8-26(11-13)21(29)20-25-24-19(33-20)18(28)23-14-5-6-15-16(10-14)32-12-31-15/h5-6,10,13H,2-4,7-9,11-12H2,1H3,(H,22,27)(H,23,28)/t13-/m0/s1. The van der Waals surface area contributed by atoms with Crippen molar-refractivity contribution in [3.63, 3.8) is 0 Å². The van der Waals surface area contributed by atoms with Crippen molar-refractivity contribution in [1.82, 2.24) is 20.4 Å². The SMILES string of the molecule is COCCCNC(=O)[C@H]1CCCN(C(=O)c2nnc(C(=O)Nc3ccc4c(c3)OCO4)s2)C1. The third-order valence-electron chi connectivity index (χ3n) is 5.34.